The maximum Gasteiger partial charge on any atom is 0.0759 e. The van der Waals surface area contributed by atoms with E-state index in [0.717, 1.165) is 5.70 Å². The molecule has 0 atom stereocenters. The van der Waals surface area contributed by atoms with Gasteiger partial charge in [0.05, 0.1) is 17.1 Å². The van der Waals surface area contributed by atoms with Gasteiger partial charge in [0.25, 0.3) is 0 Å². The number of likely N-dealkylation sites (N-methyl/N-ethyl adjacent to an activating group) is 1. The molecule has 0 bridgehead atoms. The molecule has 0 aliphatic rings. The molecular formula is C8H15N3. The number of nitrogens with zero attached hydrogens (tertiary/aromatic N) is 1. The molecule has 0 unspecified atom stereocenters. The predicted molar refractivity (Wildman–Crippen MR) is 49.3 cm³/mol. The van der Waals surface area contributed by atoms with E-state index >= 15 is 0 Å². The molecule has 0 heterocycles. The molecule has 3 heteroatoms. The zero-order chi connectivity index (χ0) is 8.85. The Kier molecular flexibility index (Phi) is 4.03. The second-order valence-corrected chi connectivity index (χ2v) is 2.11. The molecule has 3 N–H and O–H groups in total. The minimum Gasteiger partial charge on any atom is -0.396 e. The molecule has 0 amide bonds. The number of rotatable bonds is 3. The molecule has 0 aliphatic carbocycles. The van der Waals surface area contributed by atoms with Crippen molar-refractivity contribution in [2.24, 2.45) is 10.7 Å². The molecule has 0 saturated carbocycles. The van der Waals surface area contributed by atoms with E-state index in [1.54, 1.807) is 13.3 Å². The van der Waals surface area contributed by atoms with Crippen LogP contribution in [0.15, 0.2) is 28.7 Å². The van der Waals surface area contributed by atoms with E-state index in [0.29, 0.717) is 11.4 Å². The number of nitrogens with two attached hydrogens (primary N) is 1. The van der Waals surface area contributed by atoms with Gasteiger partial charge in [-0.3, -0.25) is 4.99 Å². The largest absolute Gasteiger partial charge is 0.396 e. The molecule has 0 rings (SSSR count). The zero-order valence-corrected chi connectivity index (χ0v) is 7.31. The topological polar surface area (TPSA) is 50.4 Å². The molecule has 0 saturated heterocycles. The van der Waals surface area contributed by atoms with Gasteiger partial charge in [-0.25, -0.2) is 0 Å². The van der Waals surface area contributed by atoms with Crippen molar-refractivity contribution in [1.29, 1.82) is 0 Å². The molecular weight excluding hydrogens is 138 g/mol. The van der Waals surface area contributed by atoms with Crippen molar-refractivity contribution in [3.63, 3.8) is 0 Å². The highest BCUT2D eigenvalue weighted by atomic mass is 14.9. The second kappa shape index (κ2) is 4.55. The fourth-order valence-corrected chi connectivity index (χ4v) is 0.616. The van der Waals surface area contributed by atoms with E-state index < -0.39 is 0 Å². The van der Waals surface area contributed by atoms with Crippen molar-refractivity contribution in [2.45, 2.75) is 13.8 Å². The lowest BCUT2D eigenvalue weighted by molar-refractivity contribution is 0.977. The number of aliphatic imine (C=N–C) groups is 1. The zero-order valence-electron chi connectivity index (χ0n) is 7.31. The normalized spacial score (nSPS) is 13.0. The van der Waals surface area contributed by atoms with E-state index in [-0.39, 0.29) is 0 Å². The number of hydrogen-bond donors (Lipinski definition) is 2. The Balaban J connectivity index is 4.51. The average molecular weight is 153 g/mol. The SMILES string of the molecule is C=C(NC)/C(N)=C(\C)N=CC. The van der Waals surface area contributed by atoms with Crippen LogP contribution in [0.1, 0.15) is 13.8 Å². The van der Waals surface area contributed by atoms with Gasteiger partial charge in [-0.2, -0.15) is 0 Å². The van der Waals surface area contributed by atoms with E-state index in [1.165, 1.54) is 0 Å². The minimum absolute atomic E-state index is 0.602. The molecule has 0 aliphatic heterocycles. The van der Waals surface area contributed by atoms with E-state index in [2.05, 4.69) is 16.9 Å². The smallest absolute Gasteiger partial charge is 0.0759 e. The quantitative estimate of drug-likeness (QED) is 0.469. The highest BCUT2D eigenvalue weighted by Gasteiger charge is 1.97. The first-order valence-electron chi connectivity index (χ1n) is 3.45. The summed E-state index contributed by atoms with van der Waals surface area (Å²) < 4.78 is 0. The van der Waals surface area contributed by atoms with Crippen molar-refractivity contribution < 1.29 is 0 Å². The summed E-state index contributed by atoms with van der Waals surface area (Å²) >= 11 is 0. The van der Waals surface area contributed by atoms with Crippen molar-refractivity contribution in [2.75, 3.05) is 7.05 Å². The third-order valence-corrected chi connectivity index (χ3v) is 1.34. The molecule has 0 radical (unpaired) electrons. The van der Waals surface area contributed by atoms with Gasteiger partial charge in [-0.05, 0) is 13.8 Å². The standard InChI is InChI=1S/C8H15N3/c1-5-11-7(3)8(9)6(2)10-4/h5,10H,2,9H2,1,3-4H3/b8-7-,11-5?. The number of nitrogens with one attached hydrogen (secondary N) is 1. The molecule has 0 aromatic rings. The Labute approximate surface area is 67.7 Å². The van der Waals surface area contributed by atoms with Crippen LogP contribution in [-0.4, -0.2) is 13.3 Å². The van der Waals surface area contributed by atoms with Crippen molar-refractivity contribution >= 4 is 6.21 Å². The van der Waals surface area contributed by atoms with Gasteiger partial charge in [-0.1, -0.05) is 6.58 Å². The Bertz CT molecular complexity index is 201. The first-order chi connectivity index (χ1) is 5.13. The molecule has 11 heavy (non-hydrogen) atoms. The lowest BCUT2D eigenvalue weighted by atomic mass is 10.3. The van der Waals surface area contributed by atoms with E-state index in [9.17, 15) is 0 Å². The van der Waals surface area contributed by atoms with Crippen LogP contribution < -0.4 is 11.1 Å². The number of hydrogen-bond acceptors (Lipinski definition) is 3. The summed E-state index contributed by atoms with van der Waals surface area (Å²) in [7, 11) is 1.78. The maximum absolute atomic E-state index is 5.66. The van der Waals surface area contributed by atoms with Gasteiger partial charge in [0.15, 0.2) is 0 Å². The van der Waals surface area contributed by atoms with Gasteiger partial charge in [0.2, 0.25) is 0 Å². The minimum atomic E-state index is 0.602. The van der Waals surface area contributed by atoms with Gasteiger partial charge in [-0.15, -0.1) is 0 Å². The van der Waals surface area contributed by atoms with Crippen LogP contribution in [0.5, 0.6) is 0 Å². The van der Waals surface area contributed by atoms with Gasteiger partial charge in [0, 0.05) is 13.3 Å². The van der Waals surface area contributed by atoms with E-state index in [4.69, 9.17) is 5.73 Å². The van der Waals surface area contributed by atoms with Crippen molar-refractivity contribution in [1.82, 2.24) is 5.32 Å². The van der Waals surface area contributed by atoms with Crippen LogP contribution in [-0.2, 0) is 0 Å². The lowest BCUT2D eigenvalue weighted by Crippen LogP contribution is -2.14. The van der Waals surface area contributed by atoms with Crippen LogP contribution in [0.2, 0.25) is 0 Å². The van der Waals surface area contributed by atoms with Crippen LogP contribution in [0.4, 0.5) is 0 Å². The first-order valence-corrected chi connectivity index (χ1v) is 3.45. The fraction of sp³-hybridized carbons (Fsp3) is 0.375. The molecule has 0 aromatic carbocycles. The highest BCUT2D eigenvalue weighted by molar-refractivity contribution is 5.55. The maximum atomic E-state index is 5.66. The summed E-state index contributed by atoms with van der Waals surface area (Å²) in [5.74, 6) is 0. The Morgan fingerprint density at radius 3 is 2.55 bits per heavy atom. The highest BCUT2D eigenvalue weighted by Crippen LogP contribution is 2.04. The van der Waals surface area contributed by atoms with Crippen LogP contribution >= 0.6 is 0 Å². The third-order valence-electron chi connectivity index (χ3n) is 1.34. The Morgan fingerprint density at radius 1 is 1.64 bits per heavy atom. The Hall–Kier alpha value is -1.25. The van der Waals surface area contributed by atoms with Crippen LogP contribution in [0, 0.1) is 0 Å². The van der Waals surface area contributed by atoms with E-state index in [1.807, 2.05) is 13.8 Å². The second-order valence-electron chi connectivity index (χ2n) is 2.11. The van der Waals surface area contributed by atoms with Gasteiger partial charge in [0.1, 0.15) is 0 Å². The summed E-state index contributed by atoms with van der Waals surface area (Å²) in [4.78, 5) is 4.02. The summed E-state index contributed by atoms with van der Waals surface area (Å²) in [5.41, 5.74) is 7.75. The molecule has 62 valence electrons. The van der Waals surface area contributed by atoms with Gasteiger partial charge < -0.3 is 11.1 Å². The number of allylic oxidation sites excluding steroid dienone is 1. The first kappa shape index (κ1) is 9.75. The van der Waals surface area contributed by atoms with Crippen molar-refractivity contribution in [3.05, 3.63) is 23.7 Å². The van der Waals surface area contributed by atoms with Gasteiger partial charge >= 0.3 is 0 Å². The molecule has 0 fully saturated rings. The summed E-state index contributed by atoms with van der Waals surface area (Å²) in [6.45, 7) is 7.40. The summed E-state index contributed by atoms with van der Waals surface area (Å²) in [6, 6.07) is 0. The van der Waals surface area contributed by atoms with Crippen LogP contribution in [0.3, 0.4) is 0 Å². The molecule has 3 nitrogen and oxygen atoms in total. The lowest BCUT2D eigenvalue weighted by Gasteiger charge is -2.05. The third kappa shape index (κ3) is 2.89. The fourth-order valence-electron chi connectivity index (χ4n) is 0.616. The molecule has 0 spiro atoms. The Morgan fingerprint density at radius 2 is 2.18 bits per heavy atom. The molecule has 0 aromatic heterocycles. The summed E-state index contributed by atoms with van der Waals surface area (Å²) in [6.07, 6.45) is 1.70. The predicted octanol–water partition coefficient (Wildman–Crippen LogP) is 1.00. The summed E-state index contributed by atoms with van der Waals surface area (Å²) in [5, 5.41) is 2.85. The van der Waals surface area contributed by atoms with Crippen molar-refractivity contribution in [3.8, 4) is 0 Å². The average Bonchev–Trinajstić information content (AvgIpc) is 2.02. The van der Waals surface area contributed by atoms with Crippen LogP contribution in [0.25, 0.3) is 0 Å². The monoisotopic (exact) mass is 153 g/mol.